The van der Waals surface area contributed by atoms with Crippen molar-refractivity contribution in [2.24, 2.45) is 0 Å². The summed E-state index contributed by atoms with van der Waals surface area (Å²) in [5.74, 6) is 0.736. The van der Waals surface area contributed by atoms with Gasteiger partial charge in [0.2, 0.25) is 0 Å². The number of rotatable bonds is 6. The number of anilines is 2. The van der Waals surface area contributed by atoms with Crippen molar-refractivity contribution in [3.05, 3.63) is 46.9 Å². The average molecular weight is 549 g/mol. The number of aryl methyl sites for hydroxylation is 1. The fourth-order valence-electron chi connectivity index (χ4n) is 7.10. The minimum atomic E-state index is -1.94. The minimum Gasteiger partial charge on any atom is -0.508 e. The molecule has 0 saturated carbocycles. The van der Waals surface area contributed by atoms with Gasteiger partial charge in [-0.05, 0) is 75.2 Å². The Morgan fingerprint density at radius 1 is 1.20 bits per heavy atom. The molecule has 5 aliphatic rings. The molecule has 2 N–H and O–H groups in total. The first kappa shape index (κ1) is 23.5. The molecule has 3 aromatic rings. The number of halogens is 1. The molecule has 6 heterocycles. The van der Waals surface area contributed by atoms with E-state index in [2.05, 4.69) is 15.1 Å². The number of aromatic nitrogens is 2. The highest BCUT2D eigenvalue weighted by atomic mass is 19.1. The van der Waals surface area contributed by atoms with Crippen molar-refractivity contribution in [2.45, 2.75) is 70.1 Å². The van der Waals surface area contributed by atoms with Gasteiger partial charge in [-0.1, -0.05) is 13.0 Å². The molecule has 9 heteroatoms. The van der Waals surface area contributed by atoms with Crippen LogP contribution < -0.4 is 19.9 Å². The molecule has 4 saturated heterocycles. The average Bonchev–Trinajstić information content (AvgIpc) is 3.43. The number of hydrogen-bond donors (Lipinski definition) is 2. The van der Waals surface area contributed by atoms with E-state index < -0.39 is 6.56 Å². The molecular weight excluding hydrogens is 507 g/mol. The third-order valence-corrected chi connectivity index (χ3v) is 9.28. The summed E-state index contributed by atoms with van der Waals surface area (Å²) in [7, 11) is 1.93. The summed E-state index contributed by atoms with van der Waals surface area (Å²) in [5.41, 5.74) is 3.26. The Labute approximate surface area is 238 Å². The lowest BCUT2D eigenvalue weighted by Crippen LogP contribution is -2.61. The first-order valence-electron chi connectivity index (χ1n) is 15.7. The lowest BCUT2D eigenvalue weighted by Gasteiger charge is -2.47. The van der Waals surface area contributed by atoms with Crippen LogP contribution in [0, 0.1) is 5.82 Å². The third kappa shape index (κ3) is 4.53. The van der Waals surface area contributed by atoms with Crippen molar-refractivity contribution >= 4 is 22.3 Å². The van der Waals surface area contributed by atoms with E-state index in [9.17, 15) is 9.50 Å². The normalized spacial score (nSPS) is 25.7. The van der Waals surface area contributed by atoms with Crippen LogP contribution >= 0.6 is 0 Å². The summed E-state index contributed by atoms with van der Waals surface area (Å²) in [4.78, 5) is 16.3. The van der Waals surface area contributed by atoms with Gasteiger partial charge in [-0.15, -0.1) is 0 Å². The number of phenolic OH excluding ortho intramolecular Hbond substituents is 1. The zero-order valence-electron chi connectivity index (χ0n) is 25.3. The molecule has 212 valence electrons. The van der Waals surface area contributed by atoms with Gasteiger partial charge in [0, 0.05) is 60.5 Å². The van der Waals surface area contributed by atoms with E-state index in [1.54, 1.807) is 18.2 Å². The zero-order valence-corrected chi connectivity index (χ0v) is 23.3. The van der Waals surface area contributed by atoms with Gasteiger partial charge in [0.05, 0.1) is 15.0 Å². The van der Waals surface area contributed by atoms with Gasteiger partial charge in [0.25, 0.3) is 0 Å². The van der Waals surface area contributed by atoms with Crippen LogP contribution in [0.15, 0.2) is 24.3 Å². The van der Waals surface area contributed by atoms with Crippen molar-refractivity contribution in [3.63, 3.8) is 0 Å². The number of fused-ring (bicyclic) bond motifs is 5. The zero-order chi connectivity index (χ0) is 29.2. The number of hydrogen-bond acceptors (Lipinski definition) is 8. The second-order valence-electron chi connectivity index (χ2n) is 11.7. The predicted octanol–water partition coefficient (Wildman–Crippen LogP) is 4.01. The number of benzene rings is 2. The molecular formula is C31H39FN6O2. The molecule has 2 aromatic carbocycles. The quantitative estimate of drug-likeness (QED) is 0.479. The molecule has 4 fully saturated rings. The Kier molecular flexibility index (Phi) is 6.08. The van der Waals surface area contributed by atoms with Gasteiger partial charge in [-0.2, -0.15) is 9.97 Å². The minimum absolute atomic E-state index is 0.0614. The van der Waals surface area contributed by atoms with Gasteiger partial charge in [-0.3, -0.25) is 0 Å². The molecule has 2 unspecified atom stereocenters. The van der Waals surface area contributed by atoms with Crippen LogP contribution in [-0.2, 0) is 19.4 Å². The third-order valence-electron chi connectivity index (χ3n) is 9.28. The Hall–Kier alpha value is -3.17. The summed E-state index contributed by atoms with van der Waals surface area (Å²) in [5, 5.41) is 15.8. The number of phenols is 1. The summed E-state index contributed by atoms with van der Waals surface area (Å²) >= 11 is 0. The topological polar surface area (TPSA) is 77.0 Å². The number of piperazine rings is 1. The van der Waals surface area contributed by atoms with E-state index in [1.165, 1.54) is 6.07 Å². The van der Waals surface area contributed by atoms with Crippen molar-refractivity contribution in [3.8, 4) is 11.8 Å². The lowest BCUT2D eigenvalue weighted by atomic mass is 9.92. The number of likely N-dealkylation sites (tertiary alicyclic amines) is 1. The van der Waals surface area contributed by atoms with E-state index in [0.29, 0.717) is 43.6 Å². The van der Waals surface area contributed by atoms with E-state index in [4.69, 9.17) is 17.4 Å². The molecule has 3 atom stereocenters. The number of ether oxygens (including phenoxy) is 1. The summed E-state index contributed by atoms with van der Waals surface area (Å²) < 4.78 is 38.6. The highest BCUT2D eigenvalue weighted by Gasteiger charge is 2.37. The van der Waals surface area contributed by atoms with Gasteiger partial charge in [-0.25, -0.2) is 4.39 Å². The molecule has 1 aromatic heterocycles. The van der Waals surface area contributed by atoms with Gasteiger partial charge in [0.15, 0.2) is 0 Å². The molecule has 5 aliphatic heterocycles. The summed E-state index contributed by atoms with van der Waals surface area (Å²) in [6.45, 7) is 3.68. The first-order chi connectivity index (χ1) is 20.2. The van der Waals surface area contributed by atoms with Gasteiger partial charge < -0.3 is 29.9 Å². The number of piperidine rings is 2. The van der Waals surface area contributed by atoms with Crippen molar-refractivity contribution in [1.29, 1.82) is 0 Å². The maximum absolute atomic E-state index is 14.9. The highest BCUT2D eigenvalue weighted by Crippen LogP contribution is 2.40. The number of likely N-dealkylation sites (N-methyl/N-ethyl adjacent to an activating group) is 1. The Bertz CT molecular complexity index is 1510. The molecule has 8 rings (SSSR count). The highest BCUT2D eigenvalue weighted by molar-refractivity contribution is 5.98. The van der Waals surface area contributed by atoms with E-state index >= 15 is 0 Å². The molecule has 8 nitrogen and oxygen atoms in total. The molecule has 0 aliphatic carbocycles. The van der Waals surface area contributed by atoms with E-state index in [0.717, 1.165) is 78.9 Å². The van der Waals surface area contributed by atoms with Gasteiger partial charge >= 0.3 is 6.01 Å². The van der Waals surface area contributed by atoms with E-state index in [1.807, 2.05) is 18.9 Å². The van der Waals surface area contributed by atoms with Crippen LogP contribution in [0.4, 0.5) is 15.9 Å². The fraction of sp³-hybridized carbons (Fsp3) is 0.548. The molecule has 0 amide bonds. The van der Waals surface area contributed by atoms with Crippen molar-refractivity contribution in [1.82, 2.24) is 20.2 Å². The fourth-order valence-corrected chi connectivity index (χ4v) is 7.10. The van der Waals surface area contributed by atoms with E-state index in [-0.39, 0.29) is 23.6 Å². The number of aromatic hydroxyl groups is 1. The standard InChI is InChI=1S/C31H39FN6O2/c1-3-24-26(32)9-6-19-13-23(39)14-28(29(19)24)37-12-10-25-27(17-37)34-31(40-18-22-5-4-11-36(22)2)35-30(25)38-16-20-7-8-21(38)15-33-20/h6,9,13-14,20-22,33,39H,3-5,7-8,10-12,15-18H2,1-2H3/t20?,21?,22-/m0/s1/i18D2. The van der Waals surface area contributed by atoms with Crippen LogP contribution in [0.1, 0.15) is 52.2 Å². The molecule has 0 spiro atoms. The van der Waals surface area contributed by atoms with Crippen LogP contribution in [0.3, 0.4) is 0 Å². The lowest BCUT2D eigenvalue weighted by molar-refractivity contribution is 0.187. The number of nitrogens with zero attached hydrogens (tertiary/aromatic N) is 5. The second kappa shape index (κ2) is 10.3. The summed E-state index contributed by atoms with van der Waals surface area (Å²) in [6.07, 6.45) is 5.09. The number of nitrogens with one attached hydrogen (secondary N) is 1. The van der Waals surface area contributed by atoms with Crippen LogP contribution in [0.2, 0.25) is 0 Å². The summed E-state index contributed by atoms with van der Waals surface area (Å²) in [6, 6.07) is 7.01. The smallest absolute Gasteiger partial charge is 0.318 e. The maximum atomic E-state index is 14.9. The molecule has 2 bridgehead atoms. The SMILES string of the molecule is [2H]C([2H])(Oc1nc2c(c(N3CC4CCC3CN4)n1)CCN(c1cc(O)cc3ccc(F)c(CC)c13)C2)[C@@H]1CCCN1C. The molecule has 40 heavy (non-hydrogen) atoms. The Morgan fingerprint density at radius 2 is 2.10 bits per heavy atom. The largest absolute Gasteiger partial charge is 0.508 e. The molecule has 0 radical (unpaired) electrons. The predicted molar refractivity (Wildman–Crippen MR) is 155 cm³/mol. The Morgan fingerprint density at radius 3 is 2.83 bits per heavy atom. The van der Waals surface area contributed by atoms with Crippen molar-refractivity contribution in [2.75, 3.05) is 49.6 Å². The second-order valence-corrected chi connectivity index (χ2v) is 11.7. The first-order valence-corrected chi connectivity index (χ1v) is 14.7. The van der Waals surface area contributed by atoms with Crippen LogP contribution in [0.25, 0.3) is 10.8 Å². The maximum Gasteiger partial charge on any atom is 0.318 e. The van der Waals surface area contributed by atoms with Crippen LogP contribution in [-0.4, -0.2) is 77.9 Å². The monoisotopic (exact) mass is 548 g/mol. The Balaban J connectivity index is 1.30. The van der Waals surface area contributed by atoms with Crippen LogP contribution in [0.5, 0.6) is 11.8 Å². The van der Waals surface area contributed by atoms with Crippen molar-refractivity contribution < 1.29 is 17.0 Å². The van der Waals surface area contributed by atoms with Gasteiger partial charge in [0.1, 0.15) is 23.9 Å².